The Bertz CT molecular complexity index is 511. The number of hydrogen-bond donors (Lipinski definition) is 2. The highest BCUT2D eigenvalue weighted by Crippen LogP contribution is 2.27. The van der Waals surface area contributed by atoms with Crippen molar-refractivity contribution in [1.29, 1.82) is 0 Å². The molecule has 100 valence electrons. The molecule has 0 amide bonds. The minimum atomic E-state index is 0.283. The maximum Gasteiger partial charge on any atom is 0.126 e. The maximum absolute atomic E-state index is 9.11. The van der Waals surface area contributed by atoms with Crippen molar-refractivity contribution in [3.8, 4) is 17.2 Å². The standard InChI is InChI=1S/C9H10O2.C7H8O/c10-8-4-3-7-2-1-5-11-9(7)6-8;1-6-2-4-7(8)5-3-6/h3-4,6,10H,1-2,5H2;2-5,8H,1H3. The summed E-state index contributed by atoms with van der Waals surface area (Å²) in [4.78, 5) is 0. The molecule has 3 nitrogen and oxygen atoms in total. The van der Waals surface area contributed by atoms with Crippen molar-refractivity contribution in [1.82, 2.24) is 0 Å². The lowest BCUT2D eigenvalue weighted by molar-refractivity contribution is 0.286. The van der Waals surface area contributed by atoms with Crippen molar-refractivity contribution in [2.75, 3.05) is 6.61 Å². The summed E-state index contributed by atoms with van der Waals surface area (Å²) in [6.45, 7) is 2.76. The van der Waals surface area contributed by atoms with Crippen LogP contribution >= 0.6 is 0 Å². The molecule has 1 aliphatic rings. The number of aryl methyl sites for hydroxylation is 2. The molecule has 0 atom stereocenters. The van der Waals surface area contributed by atoms with E-state index in [9.17, 15) is 0 Å². The van der Waals surface area contributed by atoms with Crippen LogP contribution in [0.4, 0.5) is 0 Å². The van der Waals surface area contributed by atoms with Gasteiger partial charge in [-0.15, -0.1) is 0 Å². The summed E-state index contributed by atoms with van der Waals surface area (Å²) in [6, 6.07) is 12.4. The van der Waals surface area contributed by atoms with E-state index in [1.165, 1.54) is 11.1 Å². The fourth-order valence-corrected chi connectivity index (χ4v) is 1.87. The van der Waals surface area contributed by atoms with E-state index in [0.29, 0.717) is 5.75 Å². The van der Waals surface area contributed by atoms with Gasteiger partial charge in [-0.05, 0) is 43.5 Å². The third-order valence-corrected chi connectivity index (χ3v) is 2.93. The van der Waals surface area contributed by atoms with E-state index in [4.69, 9.17) is 14.9 Å². The zero-order valence-electron chi connectivity index (χ0n) is 11.0. The number of hydrogen-bond acceptors (Lipinski definition) is 3. The number of aromatic hydroxyl groups is 2. The van der Waals surface area contributed by atoms with Crippen LogP contribution in [0.3, 0.4) is 0 Å². The zero-order chi connectivity index (χ0) is 13.7. The van der Waals surface area contributed by atoms with Crippen LogP contribution in [-0.4, -0.2) is 16.8 Å². The summed E-state index contributed by atoms with van der Waals surface area (Å²) in [5.74, 6) is 1.46. The molecule has 0 radical (unpaired) electrons. The zero-order valence-corrected chi connectivity index (χ0v) is 11.0. The van der Waals surface area contributed by atoms with Gasteiger partial charge in [0, 0.05) is 6.07 Å². The molecule has 3 rings (SSSR count). The normalized spacial score (nSPS) is 12.7. The van der Waals surface area contributed by atoms with Crippen LogP contribution in [-0.2, 0) is 6.42 Å². The Morgan fingerprint density at radius 3 is 2.32 bits per heavy atom. The summed E-state index contributed by atoms with van der Waals surface area (Å²) in [7, 11) is 0. The number of fused-ring (bicyclic) bond motifs is 1. The second-order valence-corrected chi connectivity index (χ2v) is 4.58. The van der Waals surface area contributed by atoms with E-state index < -0.39 is 0 Å². The first kappa shape index (κ1) is 13.3. The minimum Gasteiger partial charge on any atom is -0.508 e. The Hall–Kier alpha value is -2.16. The van der Waals surface area contributed by atoms with Crippen molar-refractivity contribution in [2.45, 2.75) is 19.8 Å². The van der Waals surface area contributed by atoms with Gasteiger partial charge in [-0.1, -0.05) is 23.8 Å². The van der Waals surface area contributed by atoms with E-state index in [-0.39, 0.29) is 5.75 Å². The molecule has 2 aromatic rings. The average Bonchev–Trinajstić information content (AvgIpc) is 2.43. The van der Waals surface area contributed by atoms with Gasteiger partial charge in [0.2, 0.25) is 0 Å². The van der Waals surface area contributed by atoms with Crippen LogP contribution in [0.5, 0.6) is 17.2 Å². The topological polar surface area (TPSA) is 49.7 Å². The first-order chi connectivity index (χ1) is 9.15. The number of rotatable bonds is 0. The Kier molecular flexibility index (Phi) is 4.29. The van der Waals surface area contributed by atoms with Crippen LogP contribution in [0.25, 0.3) is 0 Å². The fraction of sp³-hybridized carbons (Fsp3) is 0.250. The molecule has 0 aromatic heterocycles. The number of benzene rings is 2. The SMILES string of the molecule is Cc1ccc(O)cc1.Oc1ccc2c(c1)OCCC2. The first-order valence-electron chi connectivity index (χ1n) is 6.35. The van der Waals surface area contributed by atoms with E-state index >= 15 is 0 Å². The predicted octanol–water partition coefficient (Wildman–Crippen LogP) is 3.42. The number of phenols is 2. The van der Waals surface area contributed by atoms with Gasteiger partial charge in [-0.3, -0.25) is 0 Å². The van der Waals surface area contributed by atoms with E-state index in [0.717, 1.165) is 25.2 Å². The van der Waals surface area contributed by atoms with Gasteiger partial charge in [-0.2, -0.15) is 0 Å². The monoisotopic (exact) mass is 258 g/mol. The molecule has 1 aliphatic heterocycles. The molecule has 3 heteroatoms. The lowest BCUT2D eigenvalue weighted by atomic mass is 10.1. The van der Waals surface area contributed by atoms with Crippen molar-refractivity contribution in [3.63, 3.8) is 0 Å². The van der Waals surface area contributed by atoms with Crippen molar-refractivity contribution >= 4 is 0 Å². The summed E-state index contributed by atoms with van der Waals surface area (Å²) in [5, 5.41) is 17.9. The van der Waals surface area contributed by atoms with Gasteiger partial charge in [0.25, 0.3) is 0 Å². The van der Waals surface area contributed by atoms with Gasteiger partial charge in [0.15, 0.2) is 0 Å². The molecule has 0 saturated heterocycles. The van der Waals surface area contributed by atoms with Gasteiger partial charge in [0.05, 0.1) is 6.61 Å². The van der Waals surface area contributed by atoms with E-state index in [1.54, 1.807) is 24.3 Å². The van der Waals surface area contributed by atoms with Crippen molar-refractivity contribution < 1.29 is 14.9 Å². The Morgan fingerprint density at radius 1 is 0.947 bits per heavy atom. The highest BCUT2D eigenvalue weighted by molar-refractivity contribution is 5.40. The van der Waals surface area contributed by atoms with Crippen molar-refractivity contribution in [3.05, 3.63) is 53.6 Å². The van der Waals surface area contributed by atoms with Crippen LogP contribution in [0, 0.1) is 6.92 Å². The van der Waals surface area contributed by atoms with Gasteiger partial charge < -0.3 is 14.9 Å². The average molecular weight is 258 g/mol. The van der Waals surface area contributed by atoms with Gasteiger partial charge in [0.1, 0.15) is 17.2 Å². The summed E-state index contributed by atoms with van der Waals surface area (Å²) in [5.41, 5.74) is 2.37. The molecule has 0 aliphatic carbocycles. The molecular formula is C16H18O3. The van der Waals surface area contributed by atoms with Gasteiger partial charge >= 0.3 is 0 Å². The highest BCUT2D eigenvalue weighted by Gasteiger charge is 2.09. The van der Waals surface area contributed by atoms with Crippen LogP contribution in [0.15, 0.2) is 42.5 Å². The maximum atomic E-state index is 9.11. The highest BCUT2D eigenvalue weighted by atomic mass is 16.5. The van der Waals surface area contributed by atoms with E-state index in [2.05, 4.69) is 0 Å². The molecule has 2 N–H and O–H groups in total. The first-order valence-corrected chi connectivity index (χ1v) is 6.35. The lowest BCUT2D eigenvalue weighted by Gasteiger charge is -2.16. The molecule has 0 saturated carbocycles. The largest absolute Gasteiger partial charge is 0.508 e. The lowest BCUT2D eigenvalue weighted by Crippen LogP contribution is -2.07. The molecule has 19 heavy (non-hydrogen) atoms. The smallest absolute Gasteiger partial charge is 0.126 e. The Balaban J connectivity index is 0.000000148. The second kappa shape index (κ2) is 6.14. The number of phenolic OH excluding ortho intramolecular Hbond substituents is 2. The predicted molar refractivity (Wildman–Crippen MR) is 74.8 cm³/mol. The molecule has 2 aromatic carbocycles. The van der Waals surface area contributed by atoms with Crippen LogP contribution in [0.1, 0.15) is 17.5 Å². The Labute approximate surface area is 113 Å². The summed E-state index contributed by atoms with van der Waals surface area (Å²) >= 11 is 0. The quantitative estimate of drug-likeness (QED) is 0.761. The summed E-state index contributed by atoms with van der Waals surface area (Å²) < 4.78 is 5.34. The molecular weight excluding hydrogens is 240 g/mol. The molecule has 0 spiro atoms. The fourth-order valence-electron chi connectivity index (χ4n) is 1.87. The summed E-state index contributed by atoms with van der Waals surface area (Å²) in [6.07, 6.45) is 2.15. The Morgan fingerprint density at radius 2 is 1.63 bits per heavy atom. The third kappa shape index (κ3) is 3.91. The van der Waals surface area contributed by atoms with Crippen molar-refractivity contribution in [2.24, 2.45) is 0 Å². The second-order valence-electron chi connectivity index (χ2n) is 4.58. The van der Waals surface area contributed by atoms with Crippen LogP contribution < -0.4 is 4.74 Å². The third-order valence-electron chi connectivity index (χ3n) is 2.93. The van der Waals surface area contributed by atoms with E-state index in [1.807, 2.05) is 25.1 Å². The molecule has 0 bridgehead atoms. The van der Waals surface area contributed by atoms with Gasteiger partial charge in [-0.25, -0.2) is 0 Å². The molecule has 0 unspecified atom stereocenters. The molecule has 0 fully saturated rings. The van der Waals surface area contributed by atoms with Crippen LogP contribution in [0.2, 0.25) is 0 Å². The number of ether oxygens (including phenoxy) is 1. The minimum absolute atomic E-state index is 0.283. The molecule has 1 heterocycles.